The molecule has 6 atom stereocenters. The van der Waals surface area contributed by atoms with Crippen LogP contribution < -0.4 is 19.7 Å². The molecule has 0 radical (unpaired) electrons. The number of methoxy groups -OCH3 is 1. The summed E-state index contributed by atoms with van der Waals surface area (Å²) in [5.41, 5.74) is 2.05. The van der Waals surface area contributed by atoms with E-state index in [1.165, 1.54) is 24.2 Å². The van der Waals surface area contributed by atoms with Gasteiger partial charge in [0.25, 0.3) is 5.91 Å². The van der Waals surface area contributed by atoms with E-state index in [0.29, 0.717) is 36.9 Å². The fourth-order valence-corrected chi connectivity index (χ4v) is 10.6. The molecule has 0 unspecified atom stereocenters. The minimum Gasteiger partial charge on any atom is -0.490 e. The smallest absolute Gasteiger partial charge is 0.264 e. The zero-order valence-electron chi connectivity index (χ0n) is 31.7. The van der Waals surface area contributed by atoms with Crippen molar-refractivity contribution in [2.45, 2.75) is 82.1 Å². The van der Waals surface area contributed by atoms with Crippen LogP contribution >= 0.6 is 11.6 Å². The summed E-state index contributed by atoms with van der Waals surface area (Å²) in [7, 11) is -2.41. The van der Waals surface area contributed by atoms with Crippen LogP contribution in [0, 0.1) is 17.8 Å². The summed E-state index contributed by atoms with van der Waals surface area (Å²) in [6.07, 6.45) is 9.65. The van der Waals surface area contributed by atoms with Crippen LogP contribution in [-0.2, 0) is 36.1 Å². The Hall–Kier alpha value is -3.00. The Bertz CT molecular complexity index is 1830. The first-order valence-electron chi connectivity index (χ1n) is 19.6. The van der Waals surface area contributed by atoms with Gasteiger partial charge in [-0.3, -0.25) is 14.5 Å². The average molecular weight is 799 g/mol. The van der Waals surface area contributed by atoms with Gasteiger partial charge in [0.05, 0.1) is 30.8 Å². The van der Waals surface area contributed by atoms with Crippen LogP contribution in [0.1, 0.15) is 74.9 Å². The highest BCUT2D eigenvalue weighted by Crippen LogP contribution is 2.48. The Morgan fingerprint density at radius 1 is 1.07 bits per heavy atom. The number of aryl methyl sites for hydroxylation is 1. The molecule has 2 aliphatic carbocycles. The van der Waals surface area contributed by atoms with E-state index < -0.39 is 26.8 Å². The zero-order chi connectivity index (χ0) is 38.1. The van der Waals surface area contributed by atoms with E-state index in [4.69, 9.17) is 25.8 Å². The van der Waals surface area contributed by atoms with E-state index in [9.17, 15) is 18.0 Å². The number of fused-ring (bicyclic) bond motifs is 4. The minimum absolute atomic E-state index is 0. The summed E-state index contributed by atoms with van der Waals surface area (Å²) in [5, 5.41) is 3.15. The Labute approximate surface area is 332 Å². The number of sulfonamides is 1. The molecule has 2 aromatic carbocycles. The molecule has 4 heterocycles. The third kappa shape index (κ3) is 8.50. The number of morpholine rings is 1. The van der Waals surface area contributed by atoms with Gasteiger partial charge in [0.1, 0.15) is 11.4 Å². The summed E-state index contributed by atoms with van der Waals surface area (Å²) in [6.45, 7) is 11.7. The second-order valence-electron chi connectivity index (χ2n) is 16.2. The molecule has 13 heteroatoms. The second-order valence-corrected chi connectivity index (χ2v) is 18.6. The number of rotatable bonds is 3. The van der Waals surface area contributed by atoms with Crippen molar-refractivity contribution in [3.05, 3.63) is 70.3 Å². The summed E-state index contributed by atoms with van der Waals surface area (Å²) in [5.74, 6) is -0.203. The van der Waals surface area contributed by atoms with Crippen LogP contribution in [0.15, 0.2) is 48.6 Å². The van der Waals surface area contributed by atoms with Crippen molar-refractivity contribution in [3.8, 4) is 5.75 Å². The lowest BCUT2D eigenvalue weighted by molar-refractivity contribution is -0.135. The molecule has 2 N–H and O–H groups in total. The molecule has 6 aliphatic rings. The third-order valence-electron chi connectivity index (χ3n) is 13.0. The predicted molar refractivity (Wildman–Crippen MR) is 217 cm³/mol. The Morgan fingerprint density at radius 2 is 1.85 bits per heavy atom. The zero-order valence-corrected chi connectivity index (χ0v) is 33.3. The molecule has 1 amide bonds. The van der Waals surface area contributed by atoms with E-state index in [0.717, 1.165) is 76.4 Å². The van der Waals surface area contributed by atoms with Crippen molar-refractivity contribution in [2.75, 3.05) is 71.1 Å². The van der Waals surface area contributed by atoms with Gasteiger partial charge in [0.2, 0.25) is 10.0 Å². The number of halogens is 1. The van der Waals surface area contributed by atoms with Crippen molar-refractivity contribution >= 4 is 39.5 Å². The average Bonchev–Trinajstić information content (AvgIpc) is 3.28. The van der Waals surface area contributed by atoms with E-state index in [2.05, 4.69) is 32.0 Å². The molecule has 0 aromatic heterocycles. The van der Waals surface area contributed by atoms with E-state index in [1.54, 1.807) is 32.2 Å². The van der Waals surface area contributed by atoms with Crippen molar-refractivity contribution in [3.63, 3.8) is 0 Å². The first-order valence-corrected chi connectivity index (χ1v) is 21.5. The fraction of sp³-hybridized carbons (Fsp3) is 0.619. The summed E-state index contributed by atoms with van der Waals surface area (Å²) in [6, 6.07) is 12.1. The molecule has 11 nitrogen and oxygen atoms in total. The number of carbonyl (C=O) groups excluding carboxylic acids is 2. The summed E-state index contributed by atoms with van der Waals surface area (Å²) in [4.78, 5) is 30.9. The van der Waals surface area contributed by atoms with Gasteiger partial charge in [0, 0.05) is 74.3 Å². The first kappa shape index (κ1) is 41.6. The first-order chi connectivity index (χ1) is 26.0. The van der Waals surface area contributed by atoms with Gasteiger partial charge in [-0.1, -0.05) is 38.1 Å². The number of ether oxygens (including phenoxy) is 3. The summed E-state index contributed by atoms with van der Waals surface area (Å²) < 4.78 is 46.6. The molecule has 1 saturated carbocycles. The molecule has 2 bridgehead atoms. The van der Waals surface area contributed by atoms with E-state index >= 15 is 0 Å². The van der Waals surface area contributed by atoms with Crippen LogP contribution in [0.5, 0.6) is 5.75 Å². The second kappa shape index (κ2) is 17.2. The molecule has 1 spiro atoms. The molecule has 4 aliphatic heterocycles. The van der Waals surface area contributed by atoms with Gasteiger partial charge in [0.15, 0.2) is 6.29 Å². The number of hydrogen-bond donors (Lipinski definition) is 2. The molecule has 2 saturated heterocycles. The SMILES string of the molecule is C.C1CN(C2CNC2)CCO1.CO[C@]1(C=O)/C=C/C[C@H](C)[C@@H](C)S(=O)(=O)NC(=O)c2ccc3c(c2)N(C[C@@H]2CC[C@H]21)C[C@@]1(CCCc2cc(Cl)ccc21)CO3. The van der Waals surface area contributed by atoms with E-state index in [-0.39, 0.29) is 36.2 Å². The van der Waals surface area contributed by atoms with Crippen molar-refractivity contribution < 1.29 is 32.2 Å². The number of benzene rings is 2. The number of carbonyl (C=O) groups is 2. The number of nitrogens with one attached hydrogen (secondary N) is 2. The predicted octanol–water partition coefficient (Wildman–Crippen LogP) is 5.39. The van der Waals surface area contributed by atoms with Gasteiger partial charge in [-0.2, -0.15) is 0 Å². The standard InChI is InChI=1S/C34H41ClN2O6S.C7H14N2O.CH4/c1-22-6-4-15-34(20-38,42-3)29-11-8-26(29)18-37-19-33(14-5-7-24-16-27(35)10-12-28(24)33)21-43-31-13-9-25(17-30(31)37)32(39)36-44(40,41)23(22)2;1-3-10-4-2-9(1)7-5-8-6-7;/h4,9-10,12-13,15-17,20,22-23,26,29H,5-8,11,14,18-19,21H2,1-3H3,(H,36,39);7-8H,1-6H2;1H4/b15-4+;;/t22-,23+,26-,29+,33-,34-;;/m0../s1. The molecular weight excluding hydrogens is 740 g/mol. The van der Waals surface area contributed by atoms with Crippen LogP contribution in [0.2, 0.25) is 5.02 Å². The number of allylic oxidation sites excluding steroid dienone is 1. The quantitative estimate of drug-likeness (QED) is 0.309. The lowest BCUT2D eigenvalue weighted by atomic mass is 9.64. The molecular formula is C42H59ClN4O7S. The Morgan fingerprint density at radius 3 is 2.53 bits per heavy atom. The van der Waals surface area contributed by atoms with Gasteiger partial charge >= 0.3 is 0 Å². The van der Waals surface area contributed by atoms with Crippen LogP contribution in [0.4, 0.5) is 5.69 Å². The van der Waals surface area contributed by atoms with Crippen molar-refractivity contribution in [1.29, 1.82) is 0 Å². The van der Waals surface area contributed by atoms with Gasteiger partial charge in [-0.25, -0.2) is 13.1 Å². The fourth-order valence-electron chi connectivity index (χ4n) is 9.16. The number of amides is 1. The van der Waals surface area contributed by atoms with Crippen molar-refractivity contribution in [2.24, 2.45) is 17.8 Å². The van der Waals surface area contributed by atoms with E-state index in [1.807, 2.05) is 25.1 Å². The molecule has 302 valence electrons. The number of hydrogen-bond acceptors (Lipinski definition) is 10. The molecule has 3 fully saturated rings. The third-order valence-corrected chi connectivity index (χ3v) is 15.2. The van der Waals surface area contributed by atoms with Crippen LogP contribution in [-0.4, -0.2) is 109 Å². The van der Waals surface area contributed by atoms with Crippen LogP contribution in [0.3, 0.4) is 0 Å². The lowest BCUT2D eigenvalue weighted by Crippen LogP contribution is -2.59. The van der Waals surface area contributed by atoms with Gasteiger partial charge in [-0.15, -0.1) is 0 Å². The monoisotopic (exact) mass is 798 g/mol. The maximum atomic E-state index is 13.4. The number of nitrogens with zero attached hydrogens (tertiary/aromatic N) is 2. The Kier molecular flexibility index (Phi) is 13.0. The number of aldehydes is 1. The molecule has 55 heavy (non-hydrogen) atoms. The highest BCUT2D eigenvalue weighted by Gasteiger charge is 2.49. The highest BCUT2D eigenvalue weighted by atomic mass is 35.5. The molecule has 2 aromatic rings. The van der Waals surface area contributed by atoms with Gasteiger partial charge in [-0.05, 0) is 105 Å². The minimum atomic E-state index is -3.97. The highest BCUT2D eigenvalue weighted by molar-refractivity contribution is 7.90. The Balaban J connectivity index is 0.000000403. The number of anilines is 1. The van der Waals surface area contributed by atoms with Gasteiger partial charge < -0.3 is 24.4 Å². The van der Waals surface area contributed by atoms with Crippen molar-refractivity contribution in [1.82, 2.24) is 14.9 Å². The lowest BCUT2D eigenvalue weighted by Gasteiger charge is -2.48. The topological polar surface area (TPSA) is 127 Å². The molecule has 8 rings (SSSR count). The maximum absolute atomic E-state index is 13.4. The summed E-state index contributed by atoms with van der Waals surface area (Å²) >= 11 is 6.40. The normalized spacial score (nSPS) is 32.6. The van der Waals surface area contributed by atoms with Crippen LogP contribution in [0.25, 0.3) is 0 Å². The maximum Gasteiger partial charge on any atom is 0.264 e. The largest absolute Gasteiger partial charge is 0.490 e.